The number of hydrogen-bond donors (Lipinski definition) is 2. The van der Waals surface area contributed by atoms with Gasteiger partial charge in [0.05, 0.1) is 0 Å². The lowest BCUT2D eigenvalue weighted by Crippen LogP contribution is -2.05. The minimum Gasteiger partial charge on any atom is -0.399 e. The molecule has 0 spiro atoms. The third kappa shape index (κ3) is 3.53. The molecule has 2 rings (SSSR count). The summed E-state index contributed by atoms with van der Waals surface area (Å²) in [7, 11) is 0. The fourth-order valence-corrected chi connectivity index (χ4v) is 2.70. The van der Waals surface area contributed by atoms with Crippen LogP contribution in [0.2, 0.25) is 0 Å². The number of rotatable bonds is 6. The summed E-state index contributed by atoms with van der Waals surface area (Å²) in [5.74, 6) is 0.364. The fraction of sp³-hybridized carbons (Fsp3) is 0.333. The van der Waals surface area contributed by atoms with Crippen molar-refractivity contribution in [2.75, 3.05) is 11.5 Å². The first-order chi connectivity index (χ1) is 9.72. The van der Waals surface area contributed by atoms with E-state index in [2.05, 4.69) is 43.3 Å². The maximum Gasteiger partial charge on any atom is 0.0373 e. The van der Waals surface area contributed by atoms with Crippen molar-refractivity contribution in [3.05, 3.63) is 59.7 Å². The highest BCUT2D eigenvalue weighted by molar-refractivity contribution is 5.59. The molecule has 1 unspecified atom stereocenters. The van der Waals surface area contributed by atoms with Crippen LogP contribution in [-0.2, 0) is 0 Å². The summed E-state index contributed by atoms with van der Waals surface area (Å²) in [6.45, 7) is 2.23. The van der Waals surface area contributed by atoms with E-state index in [-0.39, 0.29) is 0 Å². The van der Waals surface area contributed by atoms with Crippen LogP contribution in [0.25, 0.3) is 0 Å². The number of nitrogens with two attached hydrogens (primary N) is 2. The molecule has 4 N–H and O–H groups in total. The van der Waals surface area contributed by atoms with Crippen LogP contribution in [0.4, 0.5) is 11.4 Å². The first kappa shape index (κ1) is 14.4. The highest BCUT2D eigenvalue weighted by Gasteiger charge is 2.16. The summed E-state index contributed by atoms with van der Waals surface area (Å²) >= 11 is 0. The van der Waals surface area contributed by atoms with E-state index in [1.807, 2.05) is 12.1 Å². The van der Waals surface area contributed by atoms with Crippen molar-refractivity contribution in [2.24, 2.45) is 0 Å². The lowest BCUT2D eigenvalue weighted by atomic mass is 9.86. The van der Waals surface area contributed by atoms with E-state index in [1.54, 1.807) is 0 Å². The van der Waals surface area contributed by atoms with E-state index in [0.717, 1.165) is 17.8 Å². The Hall–Kier alpha value is -1.96. The van der Waals surface area contributed by atoms with Crippen molar-refractivity contribution in [1.82, 2.24) is 0 Å². The van der Waals surface area contributed by atoms with Crippen molar-refractivity contribution in [1.29, 1.82) is 0 Å². The number of unbranched alkanes of at least 4 members (excludes halogenated alkanes) is 2. The van der Waals surface area contributed by atoms with Crippen LogP contribution >= 0.6 is 0 Å². The van der Waals surface area contributed by atoms with Gasteiger partial charge in [0.2, 0.25) is 0 Å². The smallest absolute Gasteiger partial charge is 0.0373 e. The normalized spacial score (nSPS) is 12.2. The van der Waals surface area contributed by atoms with Crippen LogP contribution in [0.15, 0.2) is 48.5 Å². The maximum atomic E-state index is 6.18. The Labute approximate surface area is 121 Å². The Kier molecular flexibility index (Phi) is 5.05. The summed E-state index contributed by atoms with van der Waals surface area (Å²) in [5, 5.41) is 0. The summed E-state index contributed by atoms with van der Waals surface area (Å²) in [6, 6.07) is 16.5. The Morgan fingerprint density at radius 3 is 2.35 bits per heavy atom. The zero-order chi connectivity index (χ0) is 14.4. The van der Waals surface area contributed by atoms with E-state index in [4.69, 9.17) is 11.5 Å². The largest absolute Gasteiger partial charge is 0.399 e. The molecule has 0 radical (unpaired) electrons. The van der Waals surface area contributed by atoms with Crippen molar-refractivity contribution in [3.8, 4) is 0 Å². The molecule has 0 aliphatic heterocycles. The average Bonchev–Trinajstić information content (AvgIpc) is 2.46. The van der Waals surface area contributed by atoms with Crippen LogP contribution in [0.3, 0.4) is 0 Å². The highest BCUT2D eigenvalue weighted by Crippen LogP contribution is 2.34. The molecule has 2 nitrogen and oxygen atoms in total. The molecule has 2 aromatic carbocycles. The Bertz CT molecular complexity index is 534. The summed E-state index contributed by atoms with van der Waals surface area (Å²) < 4.78 is 0. The van der Waals surface area contributed by atoms with Gasteiger partial charge in [-0.2, -0.15) is 0 Å². The Balaban J connectivity index is 2.30. The lowest BCUT2D eigenvalue weighted by Gasteiger charge is -2.20. The molecule has 0 aliphatic carbocycles. The van der Waals surface area contributed by atoms with Crippen molar-refractivity contribution < 1.29 is 0 Å². The van der Waals surface area contributed by atoms with E-state index >= 15 is 0 Å². The zero-order valence-corrected chi connectivity index (χ0v) is 12.2. The van der Waals surface area contributed by atoms with Crippen LogP contribution in [0, 0.1) is 0 Å². The molecule has 0 saturated heterocycles. The standard InChI is InChI=1S/C18H24N2/c1-2-3-5-10-16(14-8-6-4-7-9-14)17-12-11-15(19)13-18(17)20/h4,6-9,11-13,16H,2-3,5,10,19-20H2,1H3. The molecule has 0 amide bonds. The predicted molar refractivity (Wildman–Crippen MR) is 87.7 cm³/mol. The summed E-state index contributed by atoms with van der Waals surface area (Å²) in [4.78, 5) is 0. The summed E-state index contributed by atoms with van der Waals surface area (Å²) in [6.07, 6.45) is 4.85. The molecule has 0 aliphatic rings. The first-order valence-electron chi connectivity index (χ1n) is 7.42. The van der Waals surface area contributed by atoms with Gasteiger partial charge in [0.1, 0.15) is 0 Å². The van der Waals surface area contributed by atoms with Crippen LogP contribution in [0.5, 0.6) is 0 Å². The molecule has 20 heavy (non-hydrogen) atoms. The van der Waals surface area contributed by atoms with E-state index in [0.29, 0.717) is 5.92 Å². The van der Waals surface area contributed by atoms with Gasteiger partial charge < -0.3 is 11.5 Å². The minimum atomic E-state index is 0.364. The molecule has 1 atom stereocenters. The maximum absolute atomic E-state index is 6.18. The lowest BCUT2D eigenvalue weighted by molar-refractivity contribution is 0.619. The second kappa shape index (κ2) is 6.99. The Morgan fingerprint density at radius 1 is 0.950 bits per heavy atom. The van der Waals surface area contributed by atoms with E-state index in [1.165, 1.54) is 30.4 Å². The molecule has 0 bridgehead atoms. The molecule has 106 valence electrons. The molecule has 0 fully saturated rings. The van der Waals surface area contributed by atoms with Gasteiger partial charge in [-0.1, -0.05) is 62.6 Å². The van der Waals surface area contributed by atoms with Gasteiger partial charge >= 0.3 is 0 Å². The number of nitrogen functional groups attached to an aromatic ring is 2. The SMILES string of the molecule is CCCCCC(c1ccccc1)c1ccc(N)cc1N. The van der Waals surface area contributed by atoms with Crippen LogP contribution in [0.1, 0.15) is 49.7 Å². The Morgan fingerprint density at radius 2 is 1.70 bits per heavy atom. The van der Waals surface area contributed by atoms with E-state index < -0.39 is 0 Å². The molecule has 0 heterocycles. The molecule has 0 aromatic heterocycles. The monoisotopic (exact) mass is 268 g/mol. The third-order valence-corrected chi connectivity index (χ3v) is 3.78. The van der Waals surface area contributed by atoms with Crippen molar-refractivity contribution in [3.63, 3.8) is 0 Å². The predicted octanol–water partition coefficient (Wildman–Crippen LogP) is 4.56. The van der Waals surface area contributed by atoms with Gasteiger partial charge in [-0.15, -0.1) is 0 Å². The molecule has 0 saturated carbocycles. The number of anilines is 2. The quantitative estimate of drug-likeness (QED) is 0.596. The number of hydrogen-bond acceptors (Lipinski definition) is 2. The van der Waals surface area contributed by atoms with E-state index in [9.17, 15) is 0 Å². The van der Waals surface area contributed by atoms with Gasteiger partial charge in [0.25, 0.3) is 0 Å². The second-order valence-corrected chi connectivity index (χ2v) is 5.35. The first-order valence-corrected chi connectivity index (χ1v) is 7.42. The molecule has 2 heteroatoms. The van der Waals surface area contributed by atoms with Crippen LogP contribution in [-0.4, -0.2) is 0 Å². The topological polar surface area (TPSA) is 52.0 Å². The average molecular weight is 268 g/mol. The summed E-state index contributed by atoms with van der Waals surface area (Å²) in [5.41, 5.74) is 16.1. The van der Waals surface area contributed by atoms with Gasteiger partial charge in [0, 0.05) is 17.3 Å². The molecular formula is C18H24N2. The van der Waals surface area contributed by atoms with Crippen molar-refractivity contribution >= 4 is 11.4 Å². The zero-order valence-electron chi connectivity index (χ0n) is 12.2. The third-order valence-electron chi connectivity index (χ3n) is 3.78. The van der Waals surface area contributed by atoms with Gasteiger partial charge in [0.15, 0.2) is 0 Å². The highest BCUT2D eigenvalue weighted by atomic mass is 14.6. The number of benzene rings is 2. The minimum absolute atomic E-state index is 0.364. The van der Waals surface area contributed by atoms with Gasteiger partial charge in [-0.3, -0.25) is 0 Å². The molecular weight excluding hydrogens is 244 g/mol. The van der Waals surface area contributed by atoms with Crippen LogP contribution < -0.4 is 11.5 Å². The fourth-order valence-electron chi connectivity index (χ4n) is 2.70. The van der Waals surface area contributed by atoms with Gasteiger partial charge in [-0.05, 0) is 29.7 Å². The van der Waals surface area contributed by atoms with Crippen molar-refractivity contribution in [2.45, 2.75) is 38.5 Å². The molecule has 2 aromatic rings. The second-order valence-electron chi connectivity index (χ2n) is 5.35. The van der Waals surface area contributed by atoms with Gasteiger partial charge in [-0.25, -0.2) is 0 Å².